The van der Waals surface area contributed by atoms with Crippen LogP contribution in [0.3, 0.4) is 0 Å². The minimum atomic E-state index is -0.547. The van der Waals surface area contributed by atoms with Gasteiger partial charge >= 0.3 is 12.1 Å². The number of rotatable bonds is 4. The van der Waals surface area contributed by atoms with Gasteiger partial charge in [0, 0.05) is 6.54 Å². The predicted molar refractivity (Wildman–Crippen MR) is 55.1 cm³/mol. The van der Waals surface area contributed by atoms with Crippen LogP contribution in [0.4, 0.5) is 4.79 Å². The van der Waals surface area contributed by atoms with Gasteiger partial charge in [0.1, 0.15) is 5.60 Å². The van der Waals surface area contributed by atoms with Crippen LogP contribution in [0.25, 0.3) is 0 Å². The van der Waals surface area contributed by atoms with Crippen LogP contribution >= 0.6 is 0 Å². The highest BCUT2D eigenvalue weighted by atomic mass is 16.6. The quantitative estimate of drug-likeness (QED) is 0.571. The monoisotopic (exact) mass is 215 g/mol. The molecule has 86 valence electrons. The summed E-state index contributed by atoms with van der Waals surface area (Å²) >= 11 is 0. The van der Waals surface area contributed by atoms with Crippen LogP contribution in [0.1, 0.15) is 27.2 Å². The average molecular weight is 215 g/mol. The highest BCUT2D eigenvalue weighted by Crippen LogP contribution is 2.06. The van der Waals surface area contributed by atoms with Crippen LogP contribution in [-0.4, -0.2) is 24.2 Å². The summed E-state index contributed by atoms with van der Waals surface area (Å²) < 4.78 is 9.41. The Morgan fingerprint density at radius 1 is 1.40 bits per heavy atom. The molecule has 0 aliphatic carbocycles. The first-order valence-corrected chi connectivity index (χ1v) is 4.62. The molecule has 0 aromatic heterocycles. The van der Waals surface area contributed by atoms with Crippen LogP contribution in [0.2, 0.25) is 0 Å². The van der Waals surface area contributed by atoms with Gasteiger partial charge in [0.15, 0.2) is 0 Å². The lowest BCUT2D eigenvalue weighted by atomic mass is 10.2. The van der Waals surface area contributed by atoms with E-state index in [1.807, 2.05) is 0 Å². The van der Waals surface area contributed by atoms with Crippen molar-refractivity contribution in [2.75, 3.05) is 6.54 Å². The summed E-state index contributed by atoms with van der Waals surface area (Å²) in [6, 6.07) is 0. The number of hydrogen-bond acceptors (Lipinski definition) is 4. The molecular formula is C10H17NO4. The zero-order chi connectivity index (χ0) is 11.9. The van der Waals surface area contributed by atoms with E-state index in [-0.39, 0.29) is 13.0 Å². The molecule has 0 radical (unpaired) electrons. The highest BCUT2D eigenvalue weighted by molar-refractivity contribution is 5.72. The van der Waals surface area contributed by atoms with Gasteiger partial charge in [-0.25, -0.2) is 4.79 Å². The second-order valence-electron chi connectivity index (χ2n) is 3.84. The van der Waals surface area contributed by atoms with Gasteiger partial charge in [-0.3, -0.25) is 4.79 Å². The number of hydrogen-bond donors (Lipinski definition) is 1. The first-order valence-electron chi connectivity index (χ1n) is 4.62. The lowest BCUT2D eigenvalue weighted by Gasteiger charge is -2.19. The van der Waals surface area contributed by atoms with Gasteiger partial charge in [0.25, 0.3) is 0 Å². The van der Waals surface area contributed by atoms with E-state index in [1.165, 1.54) is 0 Å². The summed E-state index contributed by atoms with van der Waals surface area (Å²) in [5.41, 5.74) is -0.536. The average Bonchev–Trinajstić information content (AvgIpc) is 2.00. The van der Waals surface area contributed by atoms with E-state index in [0.717, 1.165) is 6.26 Å². The number of carbonyl (C=O) groups excluding carboxylic acids is 2. The van der Waals surface area contributed by atoms with Crippen LogP contribution in [0, 0.1) is 0 Å². The molecule has 5 nitrogen and oxygen atoms in total. The van der Waals surface area contributed by atoms with Crippen molar-refractivity contribution in [1.29, 1.82) is 0 Å². The van der Waals surface area contributed by atoms with Crippen molar-refractivity contribution < 1.29 is 19.1 Å². The molecular weight excluding hydrogens is 198 g/mol. The molecule has 0 aromatic carbocycles. The topological polar surface area (TPSA) is 64.6 Å². The Kier molecular flexibility index (Phi) is 5.44. The van der Waals surface area contributed by atoms with Gasteiger partial charge in [-0.2, -0.15) is 0 Å². The van der Waals surface area contributed by atoms with Gasteiger partial charge in [0.2, 0.25) is 0 Å². The Morgan fingerprint density at radius 2 is 2.00 bits per heavy atom. The maximum atomic E-state index is 11.1. The first-order chi connectivity index (χ1) is 6.85. The smallest absolute Gasteiger partial charge is 0.407 e. The van der Waals surface area contributed by atoms with E-state index in [2.05, 4.69) is 16.6 Å². The molecule has 0 unspecified atom stereocenters. The van der Waals surface area contributed by atoms with Gasteiger partial charge in [-0.15, -0.1) is 0 Å². The number of alkyl carbamates (subject to hydrolysis) is 1. The van der Waals surface area contributed by atoms with E-state index in [9.17, 15) is 9.59 Å². The molecule has 0 rings (SSSR count). The Balaban J connectivity index is 3.64. The van der Waals surface area contributed by atoms with E-state index < -0.39 is 17.7 Å². The molecule has 5 heteroatoms. The van der Waals surface area contributed by atoms with E-state index in [1.54, 1.807) is 20.8 Å². The third-order valence-corrected chi connectivity index (χ3v) is 1.21. The van der Waals surface area contributed by atoms with Crippen molar-refractivity contribution in [3.05, 3.63) is 12.8 Å². The number of amides is 1. The summed E-state index contributed by atoms with van der Waals surface area (Å²) in [7, 11) is 0. The molecule has 0 spiro atoms. The minimum absolute atomic E-state index is 0.0886. The zero-order valence-electron chi connectivity index (χ0n) is 9.33. The van der Waals surface area contributed by atoms with Crippen LogP contribution in [0.15, 0.2) is 12.8 Å². The fraction of sp³-hybridized carbons (Fsp3) is 0.600. The van der Waals surface area contributed by atoms with Crippen LogP contribution in [0.5, 0.6) is 0 Å². The molecule has 0 heterocycles. The molecule has 0 fully saturated rings. The molecule has 1 N–H and O–H groups in total. The molecule has 1 amide bonds. The number of carbonyl (C=O) groups is 2. The number of esters is 1. The van der Waals surface area contributed by atoms with Gasteiger partial charge in [-0.1, -0.05) is 6.58 Å². The van der Waals surface area contributed by atoms with Gasteiger partial charge in [-0.05, 0) is 20.8 Å². The van der Waals surface area contributed by atoms with E-state index >= 15 is 0 Å². The highest BCUT2D eigenvalue weighted by Gasteiger charge is 2.15. The molecule has 0 bridgehead atoms. The molecule has 15 heavy (non-hydrogen) atoms. The lowest BCUT2D eigenvalue weighted by Crippen LogP contribution is -2.33. The molecule has 0 aromatic rings. The summed E-state index contributed by atoms with van der Waals surface area (Å²) in [6.07, 6.45) is 0.593. The third kappa shape index (κ3) is 8.80. The van der Waals surface area contributed by atoms with Crippen molar-refractivity contribution in [3.63, 3.8) is 0 Å². The molecule has 0 saturated heterocycles. The summed E-state index contributed by atoms with van der Waals surface area (Å²) in [5, 5.41) is 2.43. The second kappa shape index (κ2) is 6.06. The normalized spacial score (nSPS) is 10.3. The van der Waals surface area contributed by atoms with Crippen LogP contribution < -0.4 is 5.32 Å². The Hall–Kier alpha value is -1.52. The summed E-state index contributed by atoms with van der Waals surface area (Å²) in [6.45, 7) is 8.71. The van der Waals surface area contributed by atoms with Crippen LogP contribution in [-0.2, 0) is 14.3 Å². The van der Waals surface area contributed by atoms with Crippen molar-refractivity contribution in [2.24, 2.45) is 0 Å². The Bertz CT molecular complexity index is 242. The summed E-state index contributed by atoms with van der Waals surface area (Å²) in [5.74, 6) is -0.443. The largest absolute Gasteiger partial charge is 0.444 e. The molecule has 0 saturated carbocycles. The van der Waals surface area contributed by atoms with Crippen molar-refractivity contribution >= 4 is 12.1 Å². The van der Waals surface area contributed by atoms with Crippen molar-refractivity contribution in [2.45, 2.75) is 32.8 Å². The van der Waals surface area contributed by atoms with Gasteiger partial charge in [0.05, 0.1) is 12.7 Å². The maximum Gasteiger partial charge on any atom is 0.407 e. The molecule has 0 aliphatic heterocycles. The SMILES string of the molecule is C=COC(=O)CCNC(=O)OC(C)(C)C. The number of nitrogens with one attached hydrogen (secondary N) is 1. The molecule has 0 atom stereocenters. The fourth-order valence-electron chi connectivity index (χ4n) is 0.733. The Labute approximate surface area is 89.4 Å². The standard InChI is InChI=1S/C10H17NO4/c1-5-14-8(12)6-7-11-9(13)15-10(2,3)4/h5H,1,6-7H2,2-4H3,(H,11,13). The zero-order valence-corrected chi connectivity index (χ0v) is 9.33. The predicted octanol–water partition coefficient (Wildman–Crippen LogP) is 1.59. The Morgan fingerprint density at radius 3 is 2.47 bits per heavy atom. The molecule has 0 aliphatic rings. The maximum absolute atomic E-state index is 11.1. The fourth-order valence-corrected chi connectivity index (χ4v) is 0.733. The van der Waals surface area contributed by atoms with Crippen molar-refractivity contribution in [3.8, 4) is 0 Å². The van der Waals surface area contributed by atoms with E-state index in [0.29, 0.717) is 0 Å². The third-order valence-electron chi connectivity index (χ3n) is 1.21. The van der Waals surface area contributed by atoms with E-state index in [4.69, 9.17) is 4.74 Å². The second-order valence-corrected chi connectivity index (χ2v) is 3.84. The number of ether oxygens (including phenoxy) is 2. The summed E-state index contributed by atoms with van der Waals surface area (Å²) in [4.78, 5) is 21.9. The minimum Gasteiger partial charge on any atom is -0.444 e. The van der Waals surface area contributed by atoms with Crippen molar-refractivity contribution in [1.82, 2.24) is 5.32 Å². The first kappa shape index (κ1) is 13.5. The lowest BCUT2D eigenvalue weighted by molar-refractivity contribution is -0.137. The van der Waals surface area contributed by atoms with Gasteiger partial charge < -0.3 is 14.8 Å².